The molecule has 6 nitrogen and oxygen atoms in total. The number of halogens is 1. The summed E-state index contributed by atoms with van der Waals surface area (Å²) in [5.74, 6) is -0.596. The van der Waals surface area contributed by atoms with Crippen molar-refractivity contribution in [3.05, 3.63) is 71.3 Å². The molecule has 0 saturated heterocycles. The van der Waals surface area contributed by atoms with Crippen LogP contribution in [0, 0.1) is 5.82 Å². The van der Waals surface area contributed by atoms with Gasteiger partial charge in [0.1, 0.15) is 5.82 Å². The Morgan fingerprint density at radius 1 is 1.12 bits per heavy atom. The molecule has 2 aromatic carbocycles. The maximum atomic E-state index is 13.1. The number of hydrogen-bond donors (Lipinski definition) is 1. The fourth-order valence-corrected chi connectivity index (χ4v) is 2.63. The van der Waals surface area contributed by atoms with Crippen molar-refractivity contribution in [2.24, 2.45) is 0 Å². The first-order valence-electron chi connectivity index (χ1n) is 8.37. The van der Waals surface area contributed by atoms with Gasteiger partial charge in [-0.25, -0.2) is 4.39 Å². The zero-order valence-corrected chi connectivity index (χ0v) is 14.6. The van der Waals surface area contributed by atoms with Gasteiger partial charge in [-0.1, -0.05) is 38.1 Å². The molecule has 0 aliphatic rings. The minimum atomic E-state index is -0.666. The highest BCUT2D eigenvalue weighted by Gasteiger charge is 2.21. The van der Waals surface area contributed by atoms with Gasteiger partial charge >= 0.3 is 0 Å². The SMILES string of the molecule is CC(C)c1ccc(NC(=O)[C@H](Cc2ccc(F)cc2)c2nnn[n-]2)cc1. The quantitative estimate of drug-likeness (QED) is 0.737. The van der Waals surface area contributed by atoms with Crippen LogP contribution >= 0.6 is 0 Å². The van der Waals surface area contributed by atoms with Crippen LogP contribution in [0.15, 0.2) is 48.5 Å². The summed E-state index contributed by atoms with van der Waals surface area (Å²) in [5.41, 5.74) is 2.68. The molecule has 134 valence electrons. The molecule has 0 fully saturated rings. The zero-order chi connectivity index (χ0) is 18.5. The van der Waals surface area contributed by atoms with Crippen LogP contribution in [0.3, 0.4) is 0 Å². The van der Waals surface area contributed by atoms with Gasteiger partial charge in [0.05, 0.1) is 5.92 Å². The number of nitrogens with zero attached hydrogens (tertiary/aromatic N) is 4. The molecule has 0 unspecified atom stereocenters. The smallest absolute Gasteiger partial charge is 0.232 e. The predicted molar refractivity (Wildman–Crippen MR) is 95.2 cm³/mol. The Hall–Kier alpha value is -3.09. The molecule has 0 aliphatic heterocycles. The maximum absolute atomic E-state index is 13.1. The van der Waals surface area contributed by atoms with E-state index in [9.17, 15) is 9.18 Å². The highest BCUT2D eigenvalue weighted by Crippen LogP contribution is 2.21. The van der Waals surface area contributed by atoms with Crippen molar-refractivity contribution >= 4 is 11.6 Å². The number of aromatic nitrogens is 4. The van der Waals surface area contributed by atoms with Gasteiger partial charge in [-0.3, -0.25) is 15.1 Å². The lowest BCUT2D eigenvalue weighted by Gasteiger charge is -2.17. The van der Waals surface area contributed by atoms with Crippen LogP contribution in [-0.2, 0) is 11.2 Å². The summed E-state index contributed by atoms with van der Waals surface area (Å²) in [4.78, 5) is 12.8. The van der Waals surface area contributed by atoms with E-state index in [1.165, 1.54) is 17.7 Å². The van der Waals surface area contributed by atoms with Crippen molar-refractivity contribution in [3.63, 3.8) is 0 Å². The molecule has 1 heterocycles. The van der Waals surface area contributed by atoms with Crippen LogP contribution in [0.2, 0.25) is 0 Å². The Morgan fingerprint density at radius 2 is 1.81 bits per heavy atom. The molecule has 26 heavy (non-hydrogen) atoms. The van der Waals surface area contributed by atoms with E-state index < -0.39 is 5.92 Å². The average Bonchev–Trinajstić information content (AvgIpc) is 3.16. The van der Waals surface area contributed by atoms with Gasteiger partial charge in [-0.05, 0) is 47.7 Å². The fraction of sp³-hybridized carbons (Fsp3) is 0.263. The van der Waals surface area contributed by atoms with Gasteiger partial charge in [-0.15, -0.1) is 0 Å². The number of tetrazole rings is 1. The van der Waals surface area contributed by atoms with E-state index in [0.717, 1.165) is 5.56 Å². The van der Waals surface area contributed by atoms with Gasteiger partial charge < -0.3 is 10.4 Å². The molecular weight excluding hydrogens is 333 g/mol. The summed E-state index contributed by atoms with van der Waals surface area (Å²) in [6.45, 7) is 4.22. The summed E-state index contributed by atoms with van der Waals surface area (Å²) >= 11 is 0. The molecule has 1 amide bonds. The van der Waals surface area contributed by atoms with Crippen LogP contribution in [0.4, 0.5) is 10.1 Å². The van der Waals surface area contributed by atoms with Crippen molar-refractivity contribution in [1.29, 1.82) is 0 Å². The Labute approximate surface area is 150 Å². The third-order valence-corrected chi connectivity index (χ3v) is 4.16. The first-order valence-corrected chi connectivity index (χ1v) is 8.37. The Balaban J connectivity index is 1.77. The number of anilines is 1. The van der Waals surface area contributed by atoms with Crippen molar-refractivity contribution in [3.8, 4) is 0 Å². The summed E-state index contributed by atoms with van der Waals surface area (Å²) in [7, 11) is 0. The monoisotopic (exact) mass is 352 g/mol. The number of hydrogen-bond acceptors (Lipinski definition) is 4. The first kappa shape index (κ1) is 17.7. The molecule has 3 rings (SSSR count). The zero-order valence-electron chi connectivity index (χ0n) is 14.6. The van der Waals surface area contributed by atoms with Gasteiger partial charge in [-0.2, -0.15) is 5.21 Å². The van der Waals surface area contributed by atoms with Crippen LogP contribution in [0.25, 0.3) is 0 Å². The molecule has 3 aromatic rings. The highest BCUT2D eigenvalue weighted by molar-refractivity contribution is 5.95. The normalized spacial score (nSPS) is 12.2. The number of benzene rings is 2. The molecule has 0 spiro atoms. The van der Waals surface area contributed by atoms with E-state index in [-0.39, 0.29) is 17.5 Å². The van der Waals surface area contributed by atoms with Crippen LogP contribution in [0.1, 0.15) is 42.6 Å². The lowest BCUT2D eigenvalue weighted by Crippen LogP contribution is -2.24. The number of rotatable bonds is 6. The van der Waals surface area contributed by atoms with Crippen molar-refractivity contribution in [2.75, 3.05) is 5.32 Å². The molecule has 0 radical (unpaired) electrons. The lowest BCUT2D eigenvalue weighted by atomic mass is 9.97. The lowest BCUT2D eigenvalue weighted by molar-refractivity contribution is -0.117. The second-order valence-corrected chi connectivity index (χ2v) is 6.39. The Kier molecular flexibility index (Phi) is 5.36. The number of carbonyl (C=O) groups is 1. The molecule has 0 bridgehead atoms. The highest BCUT2D eigenvalue weighted by atomic mass is 19.1. The Morgan fingerprint density at radius 3 is 2.38 bits per heavy atom. The van der Waals surface area contributed by atoms with Crippen molar-refractivity contribution in [1.82, 2.24) is 20.6 Å². The third kappa shape index (κ3) is 4.30. The molecule has 0 aliphatic carbocycles. The summed E-state index contributed by atoms with van der Waals surface area (Å²) in [5, 5.41) is 17.5. The van der Waals surface area contributed by atoms with Gasteiger partial charge in [0.25, 0.3) is 0 Å². The molecule has 0 saturated carbocycles. The number of amides is 1. The third-order valence-electron chi connectivity index (χ3n) is 4.16. The average molecular weight is 352 g/mol. The minimum absolute atomic E-state index is 0.241. The van der Waals surface area contributed by atoms with Crippen LogP contribution in [-0.4, -0.2) is 21.4 Å². The molecule has 1 aromatic heterocycles. The standard InChI is InChI=1S/C19H20FN5O/c1-12(2)14-5-9-16(10-6-14)21-19(26)17(18-22-24-25-23-18)11-13-3-7-15(20)8-4-13/h3-10,12,17H,11H2,1-2H3,(H2,21,22,23,24,25,26)/p-1/t17-/m1/s1. The molecular formula is C19H19FN5O-. The number of nitrogens with one attached hydrogen (secondary N) is 1. The summed E-state index contributed by atoms with van der Waals surface area (Å²) in [6.07, 6.45) is 0.323. The van der Waals surface area contributed by atoms with Crippen LogP contribution in [0.5, 0.6) is 0 Å². The number of carbonyl (C=O) groups excluding carboxylic acids is 1. The van der Waals surface area contributed by atoms with E-state index in [2.05, 4.69) is 39.8 Å². The Bertz CT molecular complexity index is 845. The molecule has 7 heteroatoms. The van der Waals surface area contributed by atoms with Gasteiger partial charge in [0, 0.05) is 11.5 Å². The summed E-state index contributed by atoms with van der Waals surface area (Å²) in [6, 6.07) is 13.7. The minimum Gasteiger partial charge on any atom is -0.335 e. The van der Waals surface area contributed by atoms with Crippen molar-refractivity contribution in [2.45, 2.75) is 32.1 Å². The van der Waals surface area contributed by atoms with Gasteiger partial charge in [0.15, 0.2) is 0 Å². The molecule has 1 atom stereocenters. The first-order chi connectivity index (χ1) is 12.5. The molecule has 1 N–H and O–H groups in total. The van der Waals surface area contributed by atoms with E-state index >= 15 is 0 Å². The van der Waals surface area contributed by atoms with Crippen molar-refractivity contribution < 1.29 is 9.18 Å². The fourth-order valence-electron chi connectivity index (χ4n) is 2.63. The van der Waals surface area contributed by atoms with E-state index in [4.69, 9.17) is 0 Å². The van der Waals surface area contributed by atoms with E-state index in [0.29, 0.717) is 18.0 Å². The van der Waals surface area contributed by atoms with Gasteiger partial charge in [0.2, 0.25) is 5.91 Å². The second-order valence-electron chi connectivity index (χ2n) is 6.39. The van der Waals surface area contributed by atoms with E-state index in [1.807, 2.05) is 24.3 Å². The summed E-state index contributed by atoms with van der Waals surface area (Å²) < 4.78 is 13.1. The largest absolute Gasteiger partial charge is 0.335 e. The topological polar surface area (TPSA) is 81.9 Å². The van der Waals surface area contributed by atoms with Crippen LogP contribution < -0.4 is 10.4 Å². The predicted octanol–water partition coefficient (Wildman–Crippen LogP) is 3.06. The second kappa shape index (κ2) is 7.86. The van der Waals surface area contributed by atoms with E-state index in [1.54, 1.807) is 12.1 Å². The maximum Gasteiger partial charge on any atom is 0.232 e.